The van der Waals surface area contributed by atoms with E-state index in [2.05, 4.69) is 31.3 Å². The number of amides is 1. The van der Waals surface area contributed by atoms with Gasteiger partial charge in [-0.05, 0) is 57.8 Å². The molecule has 0 aromatic carbocycles. The van der Waals surface area contributed by atoms with Gasteiger partial charge >= 0.3 is 5.97 Å². The molecule has 79 heavy (non-hydrogen) atoms. The third-order valence-corrected chi connectivity index (χ3v) is 17.0. The summed E-state index contributed by atoms with van der Waals surface area (Å²) in [6, 6.07) is -0.629. The predicted octanol–water partition coefficient (Wildman–Crippen LogP) is 23.3. The Labute approximate surface area is 494 Å². The molecule has 0 aromatic heterocycles. The van der Waals surface area contributed by atoms with Crippen LogP contribution in [0.1, 0.15) is 406 Å². The van der Waals surface area contributed by atoms with Crippen LogP contribution in [0.3, 0.4) is 0 Å². The number of esters is 1. The fourth-order valence-electron chi connectivity index (χ4n) is 11.5. The van der Waals surface area contributed by atoms with Gasteiger partial charge in [0.25, 0.3) is 0 Å². The van der Waals surface area contributed by atoms with Crippen LogP contribution >= 0.6 is 0 Å². The van der Waals surface area contributed by atoms with Crippen LogP contribution in [0.15, 0.2) is 24.3 Å². The molecule has 0 aliphatic carbocycles. The van der Waals surface area contributed by atoms with Crippen molar-refractivity contribution in [1.29, 1.82) is 0 Å². The average Bonchev–Trinajstić information content (AvgIpc) is 3.45. The Bertz CT molecular complexity index is 1230. The van der Waals surface area contributed by atoms with Crippen LogP contribution < -0.4 is 5.32 Å². The molecule has 0 aliphatic rings. The van der Waals surface area contributed by atoms with E-state index in [0.717, 1.165) is 38.5 Å². The number of aliphatic hydroxyl groups is 2. The molecular weight excluding hydrogens is 971 g/mol. The van der Waals surface area contributed by atoms with E-state index in [1.165, 1.54) is 340 Å². The number of nitrogens with one attached hydrogen (secondary N) is 1. The molecule has 0 aromatic rings. The van der Waals surface area contributed by atoms with Crippen molar-refractivity contribution in [3.63, 3.8) is 0 Å². The summed E-state index contributed by atoms with van der Waals surface area (Å²) in [6.45, 7) is 4.94. The van der Waals surface area contributed by atoms with Crippen LogP contribution in [-0.4, -0.2) is 47.4 Å². The lowest BCUT2D eigenvalue weighted by molar-refractivity contribution is -0.143. The molecule has 0 radical (unpaired) electrons. The van der Waals surface area contributed by atoms with Crippen LogP contribution in [0.2, 0.25) is 0 Å². The van der Waals surface area contributed by atoms with Gasteiger partial charge in [-0.2, -0.15) is 0 Å². The number of hydrogen-bond donors (Lipinski definition) is 3. The standard InChI is InChI=1S/C73H141NO5/c1-3-5-7-9-11-13-15-17-18-19-20-21-27-30-33-36-39-42-45-49-53-57-61-65-71(76)70(69-75)74-72(77)66-62-58-54-50-46-43-40-37-34-31-28-25-23-22-24-26-29-32-35-38-41-44-48-52-56-60-64-68-79-73(78)67-63-59-55-51-47-16-14-12-10-8-6-4-2/h22-23,61,65,70-71,75-76H,3-21,24-60,62-64,66-69H2,1-2H3,(H,74,77)/b23-22-,65-61+. The van der Waals surface area contributed by atoms with Gasteiger partial charge in [0.05, 0.1) is 25.4 Å². The highest BCUT2D eigenvalue weighted by Gasteiger charge is 2.18. The topological polar surface area (TPSA) is 95.9 Å². The largest absolute Gasteiger partial charge is 0.466 e. The number of allylic oxidation sites excluding steroid dienone is 3. The fourth-order valence-corrected chi connectivity index (χ4v) is 11.5. The van der Waals surface area contributed by atoms with E-state index in [1.54, 1.807) is 6.08 Å². The number of ether oxygens (including phenoxy) is 1. The van der Waals surface area contributed by atoms with Gasteiger partial charge in [-0.15, -0.1) is 0 Å². The Morgan fingerprint density at radius 2 is 0.595 bits per heavy atom. The molecule has 2 unspecified atom stereocenters. The first-order valence-corrected chi connectivity index (χ1v) is 36.1. The van der Waals surface area contributed by atoms with Crippen LogP contribution in [0.25, 0.3) is 0 Å². The maximum Gasteiger partial charge on any atom is 0.305 e. The maximum absolute atomic E-state index is 12.5. The highest BCUT2D eigenvalue weighted by Crippen LogP contribution is 2.19. The normalized spacial score (nSPS) is 12.6. The number of carbonyl (C=O) groups is 2. The van der Waals surface area contributed by atoms with Crippen LogP contribution in [0, 0.1) is 0 Å². The maximum atomic E-state index is 12.5. The average molecular weight is 1110 g/mol. The lowest BCUT2D eigenvalue weighted by Crippen LogP contribution is -2.45. The SMILES string of the molecule is CCCCCCCCCCCCCCCCCCCCCCC/C=C/C(O)C(CO)NC(=O)CCCCCCCCCCCCC/C=C\CCCCCCCCCCCCCCOC(=O)CCCCCCCCCCCCCC. The summed E-state index contributed by atoms with van der Waals surface area (Å²) in [5.74, 6) is -0.0481. The smallest absolute Gasteiger partial charge is 0.305 e. The summed E-state index contributed by atoms with van der Waals surface area (Å²) in [5.41, 5.74) is 0. The molecule has 0 aliphatic heterocycles. The molecule has 1 amide bonds. The van der Waals surface area contributed by atoms with E-state index >= 15 is 0 Å². The summed E-state index contributed by atoms with van der Waals surface area (Å²) >= 11 is 0. The monoisotopic (exact) mass is 1110 g/mol. The van der Waals surface area contributed by atoms with Gasteiger partial charge in [-0.25, -0.2) is 0 Å². The molecule has 0 saturated carbocycles. The molecule has 3 N–H and O–H groups in total. The van der Waals surface area contributed by atoms with Crippen molar-refractivity contribution < 1.29 is 24.5 Å². The summed E-state index contributed by atoms with van der Waals surface area (Å²) in [6.07, 6.45) is 86.9. The Balaban J connectivity index is 3.41. The second-order valence-electron chi connectivity index (χ2n) is 24.9. The zero-order chi connectivity index (χ0) is 57.1. The Morgan fingerprint density at radius 1 is 0.342 bits per heavy atom. The zero-order valence-electron chi connectivity index (χ0n) is 53.6. The van der Waals surface area contributed by atoms with Gasteiger partial charge < -0.3 is 20.3 Å². The van der Waals surface area contributed by atoms with Crippen molar-refractivity contribution >= 4 is 11.9 Å². The second kappa shape index (κ2) is 68.8. The Hall–Kier alpha value is -1.66. The van der Waals surface area contributed by atoms with Crippen molar-refractivity contribution in [3.05, 3.63) is 24.3 Å². The fraction of sp³-hybridized carbons (Fsp3) is 0.918. The highest BCUT2D eigenvalue weighted by molar-refractivity contribution is 5.76. The molecule has 468 valence electrons. The van der Waals surface area contributed by atoms with Gasteiger partial charge in [0, 0.05) is 12.8 Å². The zero-order valence-corrected chi connectivity index (χ0v) is 53.6. The molecule has 2 atom stereocenters. The van der Waals surface area contributed by atoms with Crippen LogP contribution in [0.5, 0.6) is 0 Å². The summed E-state index contributed by atoms with van der Waals surface area (Å²) in [5, 5.41) is 23.3. The Kier molecular flexibility index (Phi) is 67.4. The van der Waals surface area contributed by atoms with Crippen molar-refractivity contribution in [2.45, 2.75) is 418 Å². The molecule has 0 bridgehead atoms. The number of unbranched alkanes of at least 4 members (excludes halogenated alkanes) is 55. The minimum atomic E-state index is -0.846. The number of aliphatic hydroxyl groups excluding tert-OH is 2. The molecule has 0 saturated heterocycles. The van der Waals surface area contributed by atoms with E-state index in [4.69, 9.17) is 4.74 Å². The van der Waals surface area contributed by atoms with Crippen molar-refractivity contribution in [1.82, 2.24) is 5.32 Å². The summed E-state index contributed by atoms with van der Waals surface area (Å²) in [7, 11) is 0. The molecular formula is C73H141NO5. The van der Waals surface area contributed by atoms with Gasteiger partial charge in [0.2, 0.25) is 5.91 Å². The minimum Gasteiger partial charge on any atom is -0.466 e. The van der Waals surface area contributed by atoms with Gasteiger partial charge in [0.15, 0.2) is 0 Å². The Morgan fingerprint density at radius 3 is 0.899 bits per heavy atom. The lowest BCUT2D eigenvalue weighted by Gasteiger charge is -2.20. The number of hydrogen-bond acceptors (Lipinski definition) is 5. The van der Waals surface area contributed by atoms with Crippen LogP contribution in [0.4, 0.5) is 0 Å². The van der Waals surface area contributed by atoms with E-state index in [9.17, 15) is 19.8 Å². The molecule has 6 heteroatoms. The minimum absolute atomic E-state index is 0.0162. The second-order valence-corrected chi connectivity index (χ2v) is 24.9. The van der Waals surface area contributed by atoms with E-state index < -0.39 is 12.1 Å². The quantitative estimate of drug-likeness (QED) is 0.0320. The van der Waals surface area contributed by atoms with Crippen LogP contribution in [-0.2, 0) is 14.3 Å². The van der Waals surface area contributed by atoms with E-state index in [0.29, 0.717) is 19.4 Å². The van der Waals surface area contributed by atoms with Gasteiger partial charge in [-0.3, -0.25) is 9.59 Å². The van der Waals surface area contributed by atoms with Gasteiger partial charge in [0.1, 0.15) is 0 Å². The molecule has 0 fully saturated rings. The first kappa shape index (κ1) is 77.3. The third-order valence-electron chi connectivity index (χ3n) is 17.0. The van der Waals surface area contributed by atoms with Crippen molar-refractivity contribution in [3.8, 4) is 0 Å². The van der Waals surface area contributed by atoms with Gasteiger partial charge in [-0.1, -0.05) is 359 Å². The summed E-state index contributed by atoms with van der Waals surface area (Å²) in [4.78, 5) is 24.6. The molecule has 6 nitrogen and oxygen atoms in total. The van der Waals surface area contributed by atoms with Crippen molar-refractivity contribution in [2.24, 2.45) is 0 Å². The number of rotatable bonds is 68. The molecule has 0 spiro atoms. The lowest BCUT2D eigenvalue weighted by atomic mass is 10.0. The first-order chi connectivity index (χ1) is 39.0. The summed E-state index contributed by atoms with van der Waals surface area (Å²) < 4.78 is 5.48. The highest BCUT2D eigenvalue weighted by atomic mass is 16.5. The molecule has 0 heterocycles. The van der Waals surface area contributed by atoms with E-state index in [-0.39, 0.29) is 18.5 Å². The number of carbonyl (C=O) groups excluding carboxylic acids is 2. The predicted molar refractivity (Wildman–Crippen MR) is 347 cm³/mol. The third kappa shape index (κ3) is 65.4. The molecule has 0 rings (SSSR count). The van der Waals surface area contributed by atoms with Crippen molar-refractivity contribution in [2.75, 3.05) is 13.2 Å². The first-order valence-electron chi connectivity index (χ1n) is 36.1. The van der Waals surface area contributed by atoms with E-state index in [1.807, 2.05) is 6.08 Å².